The van der Waals surface area contributed by atoms with Crippen LogP contribution in [0.3, 0.4) is 0 Å². The molecule has 0 aliphatic carbocycles. The van der Waals surface area contributed by atoms with Gasteiger partial charge in [-0.3, -0.25) is 9.59 Å². The Hall–Kier alpha value is -0.750. The third-order valence-electron chi connectivity index (χ3n) is 3.27. The molecule has 19 heavy (non-hydrogen) atoms. The first-order chi connectivity index (χ1) is 9.19. The lowest BCUT2D eigenvalue weighted by Gasteiger charge is -2.34. The van der Waals surface area contributed by atoms with E-state index in [2.05, 4.69) is 4.74 Å². The summed E-state index contributed by atoms with van der Waals surface area (Å²) in [4.78, 5) is 24.5. The van der Waals surface area contributed by atoms with Gasteiger partial charge < -0.3 is 14.7 Å². The van der Waals surface area contributed by atoms with E-state index in [9.17, 15) is 14.7 Å². The Balaban J connectivity index is 2.13. The monoisotopic (exact) mass is 289 g/mol. The second-order valence-electron chi connectivity index (χ2n) is 4.61. The Kier molecular flexibility index (Phi) is 7.90. The molecule has 1 atom stereocenters. The number of thioether (sulfide) groups is 1. The van der Waals surface area contributed by atoms with Gasteiger partial charge in [0.2, 0.25) is 5.91 Å². The molecule has 1 N–H and O–H groups in total. The van der Waals surface area contributed by atoms with Gasteiger partial charge in [0.15, 0.2) is 0 Å². The van der Waals surface area contributed by atoms with Gasteiger partial charge in [-0.2, -0.15) is 11.8 Å². The van der Waals surface area contributed by atoms with Crippen LogP contribution < -0.4 is 0 Å². The fraction of sp³-hybridized carbons (Fsp3) is 0.846. The van der Waals surface area contributed by atoms with Gasteiger partial charge in [-0.15, -0.1) is 0 Å². The van der Waals surface area contributed by atoms with E-state index in [1.165, 1.54) is 7.11 Å². The maximum Gasteiger partial charge on any atom is 0.305 e. The molecule has 6 heteroatoms. The summed E-state index contributed by atoms with van der Waals surface area (Å²) in [5.41, 5.74) is 0. The summed E-state index contributed by atoms with van der Waals surface area (Å²) in [5.74, 6) is 1.72. The smallest absolute Gasteiger partial charge is 0.305 e. The molecule has 0 aromatic carbocycles. The van der Waals surface area contributed by atoms with E-state index in [0.29, 0.717) is 19.4 Å². The summed E-state index contributed by atoms with van der Waals surface area (Å²) >= 11 is 1.73. The summed E-state index contributed by atoms with van der Waals surface area (Å²) in [5, 5.41) is 9.26. The quantitative estimate of drug-likeness (QED) is 0.534. The van der Waals surface area contributed by atoms with Crippen molar-refractivity contribution in [3.05, 3.63) is 0 Å². The van der Waals surface area contributed by atoms with Crippen LogP contribution in [0.2, 0.25) is 0 Å². The van der Waals surface area contributed by atoms with E-state index in [0.717, 1.165) is 30.8 Å². The largest absolute Gasteiger partial charge is 0.469 e. The SMILES string of the molecule is COC(=O)CCCSCCN1C(=O)CCCC1CO. The zero-order chi connectivity index (χ0) is 14.1. The highest BCUT2D eigenvalue weighted by molar-refractivity contribution is 7.99. The normalized spacial score (nSPS) is 19.6. The fourth-order valence-electron chi connectivity index (χ4n) is 2.17. The number of aliphatic hydroxyl groups is 1. The maximum atomic E-state index is 11.8. The molecule has 1 amide bonds. The van der Waals surface area contributed by atoms with Gasteiger partial charge in [-0.25, -0.2) is 0 Å². The predicted octanol–water partition coefficient (Wildman–Crippen LogP) is 1.05. The summed E-state index contributed by atoms with van der Waals surface area (Å²) in [6, 6.07) is -0.00285. The molecule has 1 fully saturated rings. The predicted molar refractivity (Wildman–Crippen MR) is 75.0 cm³/mol. The van der Waals surface area contributed by atoms with E-state index >= 15 is 0 Å². The molecule has 1 heterocycles. The molecular formula is C13H23NO4S. The minimum atomic E-state index is -0.174. The third-order valence-corrected chi connectivity index (χ3v) is 4.32. The highest BCUT2D eigenvalue weighted by Crippen LogP contribution is 2.18. The van der Waals surface area contributed by atoms with Crippen molar-refractivity contribution in [2.75, 3.05) is 31.8 Å². The Morgan fingerprint density at radius 1 is 1.53 bits per heavy atom. The van der Waals surface area contributed by atoms with Crippen molar-refractivity contribution >= 4 is 23.6 Å². The van der Waals surface area contributed by atoms with Gasteiger partial charge in [-0.1, -0.05) is 0 Å². The molecule has 5 nitrogen and oxygen atoms in total. The van der Waals surface area contributed by atoms with Crippen molar-refractivity contribution < 1.29 is 19.4 Å². The lowest BCUT2D eigenvalue weighted by molar-refractivity contribution is -0.140. The first kappa shape index (κ1) is 16.3. The van der Waals surface area contributed by atoms with E-state index in [4.69, 9.17) is 0 Å². The number of hydrogen-bond donors (Lipinski definition) is 1. The number of carbonyl (C=O) groups is 2. The average Bonchev–Trinajstić information content (AvgIpc) is 2.43. The van der Waals surface area contributed by atoms with Crippen molar-refractivity contribution in [3.8, 4) is 0 Å². The number of ether oxygens (including phenoxy) is 1. The number of hydrogen-bond acceptors (Lipinski definition) is 5. The number of amides is 1. The zero-order valence-corrected chi connectivity index (χ0v) is 12.3. The molecule has 110 valence electrons. The number of esters is 1. The van der Waals surface area contributed by atoms with Crippen LogP contribution in [-0.4, -0.2) is 59.7 Å². The van der Waals surface area contributed by atoms with Crippen LogP contribution in [0, 0.1) is 0 Å². The van der Waals surface area contributed by atoms with Crippen LogP contribution in [0.1, 0.15) is 32.1 Å². The Morgan fingerprint density at radius 3 is 3.00 bits per heavy atom. The Labute approximate surface area is 118 Å². The van der Waals surface area contributed by atoms with Gasteiger partial charge in [0.1, 0.15) is 0 Å². The van der Waals surface area contributed by atoms with Crippen molar-refractivity contribution in [1.29, 1.82) is 0 Å². The number of carbonyl (C=O) groups excluding carboxylic acids is 2. The van der Waals surface area contributed by atoms with Crippen molar-refractivity contribution in [1.82, 2.24) is 4.90 Å². The average molecular weight is 289 g/mol. The van der Waals surface area contributed by atoms with Gasteiger partial charge in [0.05, 0.1) is 19.8 Å². The van der Waals surface area contributed by atoms with Crippen LogP contribution in [-0.2, 0) is 14.3 Å². The van der Waals surface area contributed by atoms with E-state index < -0.39 is 0 Å². The number of nitrogens with zero attached hydrogens (tertiary/aromatic N) is 1. The van der Waals surface area contributed by atoms with Gasteiger partial charge in [-0.05, 0) is 25.0 Å². The first-order valence-corrected chi connectivity index (χ1v) is 7.89. The topological polar surface area (TPSA) is 66.8 Å². The Morgan fingerprint density at radius 2 is 2.32 bits per heavy atom. The molecule has 1 unspecified atom stereocenters. The van der Waals surface area contributed by atoms with Crippen molar-refractivity contribution in [2.45, 2.75) is 38.1 Å². The third kappa shape index (κ3) is 5.82. The van der Waals surface area contributed by atoms with Crippen molar-refractivity contribution in [2.24, 2.45) is 0 Å². The van der Waals surface area contributed by atoms with Crippen LogP contribution in [0.4, 0.5) is 0 Å². The molecule has 1 rings (SSSR count). The van der Waals surface area contributed by atoms with Gasteiger partial charge in [0, 0.05) is 25.1 Å². The summed E-state index contributed by atoms with van der Waals surface area (Å²) in [6.07, 6.45) is 3.63. The molecule has 1 saturated heterocycles. The molecule has 0 aromatic heterocycles. The van der Waals surface area contributed by atoms with Crippen LogP contribution in [0.5, 0.6) is 0 Å². The minimum absolute atomic E-state index is 0.00285. The maximum absolute atomic E-state index is 11.8. The van der Waals surface area contributed by atoms with Gasteiger partial charge in [0.25, 0.3) is 0 Å². The molecule has 0 saturated carbocycles. The van der Waals surface area contributed by atoms with Crippen LogP contribution in [0.25, 0.3) is 0 Å². The number of rotatable bonds is 8. The second-order valence-corrected chi connectivity index (χ2v) is 5.83. The Bertz CT molecular complexity index is 298. The fourth-order valence-corrected chi connectivity index (χ4v) is 3.05. The summed E-state index contributed by atoms with van der Waals surface area (Å²) in [6.45, 7) is 0.742. The number of piperidine rings is 1. The van der Waals surface area contributed by atoms with Gasteiger partial charge >= 0.3 is 5.97 Å². The lowest BCUT2D eigenvalue weighted by Crippen LogP contribution is -2.46. The lowest BCUT2D eigenvalue weighted by atomic mass is 10.0. The second kappa shape index (κ2) is 9.20. The van der Waals surface area contributed by atoms with Crippen molar-refractivity contribution in [3.63, 3.8) is 0 Å². The van der Waals surface area contributed by atoms with E-state index in [-0.39, 0.29) is 24.5 Å². The highest BCUT2D eigenvalue weighted by Gasteiger charge is 2.26. The van der Waals surface area contributed by atoms with E-state index in [1.807, 2.05) is 0 Å². The standard InChI is InChI=1S/C13H23NO4S/c1-18-13(17)6-3-8-19-9-7-14-11(10-15)4-2-5-12(14)16/h11,15H,2-10H2,1H3. The van der Waals surface area contributed by atoms with E-state index in [1.54, 1.807) is 16.7 Å². The number of aliphatic hydroxyl groups excluding tert-OH is 1. The summed E-state index contributed by atoms with van der Waals surface area (Å²) in [7, 11) is 1.40. The molecule has 1 aliphatic heterocycles. The first-order valence-electron chi connectivity index (χ1n) is 6.74. The molecule has 0 aromatic rings. The number of methoxy groups -OCH3 is 1. The zero-order valence-electron chi connectivity index (χ0n) is 11.5. The highest BCUT2D eigenvalue weighted by atomic mass is 32.2. The molecular weight excluding hydrogens is 266 g/mol. The molecule has 1 aliphatic rings. The van der Waals surface area contributed by atoms with Crippen LogP contribution >= 0.6 is 11.8 Å². The number of likely N-dealkylation sites (tertiary alicyclic amines) is 1. The van der Waals surface area contributed by atoms with Crippen LogP contribution in [0.15, 0.2) is 0 Å². The summed E-state index contributed by atoms with van der Waals surface area (Å²) < 4.78 is 4.57. The molecule has 0 radical (unpaired) electrons. The minimum Gasteiger partial charge on any atom is -0.469 e. The molecule has 0 bridgehead atoms. The molecule has 0 spiro atoms.